The molecule has 0 aliphatic rings. The predicted octanol–water partition coefficient (Wildman–Crippen LogP) is 4.33. The second-order valence-electron chi connectivity index (χ2n) is 9.30. The number of pyridine rings is 1. The summed E-state index contributed by atoms with van der Waals surface area (Å²) in [5.74, 6) is -0.709. The van der Waals surface area contributed by atoms with Crippen molar-refractivity contribution in [2.75, 3.05) is 19.4 Å². The van der Waals surface area contributed by atoms with E-state index >= 15 is 0 Å². The summed E-state index contributed by atoms with van der Waals surface area (Å²) >= 11 is 0. The number of anilines is 1. The Morgan fingerprint density at radius 1 is 1.03 bits per heavy atom. The molecule has 0 aliphatic carbocycles. The highest BCUT2D eigenvalue weighted by Crippen LogP contribution is 2.20. The molecule has 8 nitrogen and oxygen atoms in total. The molecule has 2 aromatic carbocycles. The minimum Gasteiger partial charge on any atom is -0.345 e. The Labute approximate surface area is 224 Å². The van der Waals surface area contributed by atoms with Crippen LogP contribution in [-0.2, 0) is 22.7 Å². The quantitative estimate of drug-likeness (QED) is 0.243. The molecule has 39 heavy (non-hydrogen) atoms. The summed E-state index contributed by atoms with van der Waals surface area (Å²) in [5.41, 5.74) is 1.62. The standard InChI is InChI=1S/C29H29F2N5O3/c1-34(2)28(38)9-5-3-4-8-27(37)33-24-7-6-16-35(29(24)39)19-26-32-23-15-14-22(31)17-25(23)36(26)18-20-10-12-21(30)13-11-20/h5-7,9-17H,3-4,8,18-19H2,1-2H3,(H,33,37)/b9-5+. The van der Waals surface area contributed by atoms with Crippen LogP contribution in [0.1, 0.15) is 30.7 Å². The minimum atomic E-state index is -0.420. The van der Waals surface area contributed by atoms with E-state index in [0.717, 1.165) is 5.56 Å². The molecule has 0 aliphatic heterocycles. The molecule has 2 amide bonds. The highest BCUT2D eigenvalue weighted by atomic mass is 19.1. The lowest BCUT2D eigenvalue weighted by molar-refractivity contribution is -0.123. The molecule has 0 atom stereocenters. The highest BCUT2D eigenvalue weighted by molar-refractivity contribution is 5.90. The first-order valence-corrected chi connectivity index (χ1v) is 12.5. The van der Waals surface area contributed by atoms with Crippen LogP contribution in [0.15, 0.2) is 77.7 Å². The maximum Gasteiger partial charge on any atom is 0.274 e. The number of rotatable bonds is 10. The van der Waals surface area contributed by atoms with Crippen LogP contribution >= 0.6 is 0 Å². The number of aromatic nitrogens is 3. The maximum absolute atomic E-state index is 14.1. The van der Waals surface area contributed by atoms with Crippen molar-refractivity contribution in [2.45, 2.75) is 32.4 Å². The summed E-state index contributed by atoms with van der Waals surface area (Å²) < 4.78 is 30.7. The van der Waals surface area contributed by atoms with Crippen molar-refractivity contribution in [1.82, 2.24) is 19.0 Å². The van der Waals surface area contributed by atoms with Gasteiger partial charge in [-0.2, -0.15) is 0 Å². The third-order valence-corrected chi connectivity index (χ3v) is 6.13. The molecule has 0 saturated heterocycles. The number of nitrogens with zero attached hydrogens (tertiary/aromatic N) is 4. The zero-order valence-electron chi connectivity index (χ0n) is 21.7. The summed E-state index contributed by atoms with van der Waals surface area (Å²) in [4.78, 5) is 43.2. The Morgan fingerprint density at radius 2 is 1.77 bits per heavy atom. The van der Waals surface area contributed by atoms with Gasteiger partial charge in [0.15, 0.2) is 0 Å². The minimum absolute atomic E-state index is 0.0741. The van der Waals surface area contributed by atoms with Gasteiger partial charge in [-0.1, -0.05) is 18.2 Å². The van der Waals surface area contributed by atoms with Crippen molar-refractivity contribution < 1.29 is 18.4 Å². The zero-order valence-corrected chi connectivity index (χ0v) is 21.7. The Kier molecular flexibility index (Phi) is 8.65. The van der Waals surface area contributed by atoms with Crippen molar-refractivity contribution in [3.8, 4) is 0 Å². The summed E-state index contributed by atoms with van der Waals surface area (Å²) in [6.07, 6.45) is 6.03. The topological polar surface area (TPSA) is 89.2 Å². The molecule has 4 aromatic rings. The number of unbranched alkanes of at least 4 members (excludes halogenated alkanes) is 1. The van der Waals surface area contributed by atoms with Gasteiger partial charge in [0.1, 0.15) is 23.1 Å². The largest absolute Gasteiger partial charge is 0.345 e. The number of imidazole rings is 1. The van der Waals surface area contributed by atoms with Gasteiger partial charge in [0, 0.05) is 33.3 Å². The van der Waals surface area contributed by atoms with Crippen molar-refractivity contribution in [2.24, 2.45) is 0 Å². The van der Waals surface area contributed by atoms with E-state index in [4.69, 9.17) is 0 Å². The Morgan fingerprint density at radius 3 is 2.51 bits per heavy atom. The molecule has 1 N–H and O–H groups in total. The van der Waals surface area contributed by atoms with Crippen LogP contribution in [-0.4, -0.2) is 44.9 Å². The second-order valence-corrected chi connectivity index (χ2v) is 9.30. The van der Waals surface area contributed by atoms with Crippen LogP contribution < -0.4 is 10.9 Å². The lowest BCUT2D eigenvalue weighted by Gasteiger charge is -2.12. The number of halogens is 2. The number of nitrogens with one attached hydrogen (secondary N) is 1. The van der Waals surface area contributed by atoms with Crippen LogP contribution in [0.5, 0.6) is 0 Å². The Hall–Kier alpha value is -4.60. The fraction of sp³-hybridized carbons (Fsp3) is 0.241. The second kappa shape index (κ2) is 12.3. The van der Waals surface area contributed by atoms with Gasteiger partial charge < -0.3 is 19.4 Å². The van der Waals surface area contributed by atoms with E-state index in [0.29, 0.717) is 36.2 Å². The molecule has 0 saturated carbocycles. The first-order chi connectivity index (χ1) is 18.7. The fourth-order valence-corrected chi connectivity index (χ4v) is 4.05. The summed E-state index contributed by atoms with van der Waals surface area (Å²) in [6, 6.07) is 13.4. The number of carbonyl (C=O) groups is 2. The molecule has 2 heterocycles. The van der Waals surface area contributed by atoms with E-state index < -0.39 is 11.4 Å². The van der Waals surface area contributed by atoms with Crippen LogP contribution in [0.2, 0.25) is 0 Å². The summed E-state index contributed by atoms with van der Waals surface area (Å²) in [6.45, 7) is 0.375. The molecule has 0 radical (unpaired) electrons. The molecular formula is C29H29F2N5O3. The van der Waals surface area contributed by atoms with E-state index in [1.165, 1.54) is 45.9 Å². The van der Waals surface area contributed by atoms with Crippen molar-refractivity contribution in [1.29, 1.82) is 0 Å². The number of fused-ring (bicyclic) bond motifs is 1. The van der Waals surface area contributed by atoms with Gasteiger partial charge in [-0.15, -0.1) is 0 Å². The molecule has 0 fully saturated rings. The van der Waals surface area contributed by atoms with Crippen molar-refractivity contribution in [3.05, 3.63) is 106 Å². The average Bonchev–Trinajstić information content (AvgIpc) is 3.23. The third-order valence-electron chi connectivity index (χ3n) is 6.13. The number of likely N-dealkylation sites (N-methyl/N-ethyl adjacent to an activating group) is 1. The fourth-order valence-electron chi connectivity index (χ4n) is 4.05. The number of carbonyl (C=O) groups excluding carboxylic acids is 2. The van der Waals surface area contributed by atoms with Gasteiger partial charge >= 0.3 is 0 Å². The first-order valence-electron chi connectivity index (χ1n) is 12.5. The van der Waals surface area contributed by atoms with Crippen molar-refractivity contribution in [3.63, 3.8) is 0 Å². The summed E-state index contributed by atoms with van der Waals surface area (Å²) in [5, 5.41) is 2.66. The van der Waals surface area contributed by atoms with E-state index in [9.17, 15) is 23.2 Å². The number of hydrogen-bond acceptors (Lipinski definition) is 4. The monoisotopic (exact) mass is 533 g/mol. The molecule has 0 spiro atoms. The number of allylic oxidation sites excluding steroid dienone is 1. The van der Waals surface area contributed by atoms with Crippen LogP contribution in [0.25, 0.3) is 11.0 Å². The smallest absolute Gasteiger partial charge is 0.274 e. The molecular weight excluding hydrogens is 504 g/mol. The lowest BCUT2D eigenvalue weighted by Crippen LogP contribution is -2.26. The molecule has 0 bridgehead atoms. The van der Waals surface area contributed by atoms with Crippen molar-refractivity contribution >= 4 is 28.5 Å². The maximum atomic E-state index is 14.1. The van der Waals surface area contributed by atoms with Gasteiger partial charge in [-0.3, -0.25) is 14.4 Å². The number of amides is 2. The van der Waals surface area contributed by atoms with E-state index in [2.05, 4.69) is 10.3 Å². The van der Waals surface area contributed by atoms with Gasteiger partial charge in [-0.25, -0.2) is 13.8 Å². The van der Waals surface area contributed by atoms with Crippen LogP contribution in [0.3, 0.4) is 0 Å². The summed E-state index contributed by atoms with van der Waals surface area (Å²) in [7, 11) is 3.32. The number of benzene rings is 2. The molecule has 2 aromatic heterocycles. The van der Waals surface area contributed by atoms with Gasteiger partial charge in [0.25, 0.3) is 5.56 Å². The molecule has 0 unspecified atom stereocenters. The normalized spacial score (nSPS) is 11.3. The first kappa shape index (κ1) is 27.4. The highest BCUT2D eigenvalue weighted by Gasteiger charge is 2.15. The van der Waals surface area contributed by atoms with E-state index in [-0.39, 0.29) is 36.3 Å². The van der Waals surface area contributed by atoms with E-state index in [1.807, 2.05) is 0 Å². The Balaban J connectivity index is 1.50. The lowest BCUT2D eigenvalue weighted by atomic mass is 10.2. The molecule has 202 valence electrons. The van der Waals surface area contributed by atoms with Crippen LogP contribution in [0, 0.1) is 11.6 Å². The molecule has 10 heteroatoms. The average molecular weight is 534 g/mol. The third kappa shape index (κ3) is 7.04. The van der Waals surface area contributed by atoms with Gasteiger partial charge in [0.05, 0.1) is 17.6 Å². The molecule has 4 rings (SSSR count). The predicted molar refractivity (Wildman–Crippen MR) is 145 cm³/mol. The van der Waals surface area contributed by atoms with Gasteiger partial charge in [-0.05, 0) is 66.9 Å². The van der Waals surface area contributed by atoms with Crippen LogP contribution in [0.4, 0.5) is 14.5 Å². The van der Waals surface area contributed by atoms with Gasteiger partial charge in [0.2, 0.25) is 11.8 Å². The van der Waals surface area contributed by atoms with E-state index in [1.54, 1.807) is 55.2 Å². The SMILES string of the molecule is CN(C)C(=O)/C=C/CCCC(=O)Nc1cccn(Cc2nc3ccc(F)cc3n2Cc2ccc(F)cc2)c1=O. The zero-order chi connectivity index (χ0) is 27.9. The number of hydrogen-bond donors (Lipinski definition) is 1. The Bertz CT molecular complexity index is 1570.